The number of ketones is 1. The maximum Gasteiger partial charge on any atom is 0.267 e. The van der Waals surface area contributed by atoms with Crippen LogP contribution in [0.2, 0.25) is 0 Å². The highest BCUT2D eigenvalue weighted by molar-refractivity contribution is 7.99. The van der Waals surface area contributed by atoms with Crippen molar-refractivity contribution in [3.63, 3.8) is 0 Å². The minimum Gasteiger partial charge on any atom is -0.494 e. The quantitative estimate of drug-likeness (QED) is 0.200. The molecule has 35 heavy (non-hydrogen) atoms. The molecule has 6 nitrogen and oxygen atoms in total. The number of para-hydroxylation sites is 1. The van der Waals surface area contributed by atoms with Crippen molar-refractivity contribution < 1.29 is 13.9 Å². The van der Waals surface area contributed by atoms with Gasteiger partial charge in [-0.1, -0.05) is 36.9 Å². The fourth-order valence-corrected chi connectivity index (χ4v) is 6.51. The lowest BCUT2D eigenvalue weighted by Crippen LogP contribution is -2.30. The number of hydrogen-bond acceptors (Lipinski definition) is 7. The lowest BCUT2D eigenvalue weighted by Gasteiger charge is -2.25. The highest BCUT2D eigenvalue weighted by Crippen LogP contribution is 2.34. The van der Waals surface area contributed by atoms with E-state index in [-0.39, 0.29) is 28.4 Å². The lowest BCUT2D eigenvalue weighted by atomic mass is 10.1. The molecule has 0 N–H and O–H groups in total. The van der Waals surface area contributed by atoms with Gasteiger partial charge in [0, 0.05) is 23.5 Å². The number of fused-ring (bicyclic) bond motifs is 3. The van der Waals surface area contributed by atoms with Gasteiger partial charge >= 0.3 is 0 Å². The highest BCUT2D eigenvalue weighted by atomic mass is 32.2. The van der Waals surface area contributed by atoms with Crippen molar-refractivity contribution in [1.29, 1.82) is 0 Å². The van der Waals surface area contributed by atoms with Crippen molar-refractivity contribution in [2.45, 2.75) is 25.0 Å². The van der Waals surface area contributed by atoms with E-state index in [2.05, 4.69) is 11.8 Å². The number of likely N-dealkylation sites (N-methyl/N-ethyl adjacent to an activating group) is 1. The van der Waals surface area contributed by atoms with Gasteiger partial charge in [0.2, 0.25) is 0 Å². The van der Waals surface area contributed by atoms with Gasteiger partial charge in [0.05, 0.1) is 23.9 Å². The van der Waals surface area contributed by atoms with Crippen LogP contribution in [0.15, 0.2) is 58.5 Å². The Labute approximate surface area is 210 Å². The van der Waals surface area contributed by atoms with Gasteiger partial charge in [-0.25, -0.2) is 9.37 Å². The van der Waals surface area contributed by atoms with E-state index in [1.54, 1.807) is 22.0 Å². The van der Waals surface area contributed by atoms with E-state index in [1.807, 2.05) is 30.3 Å². The average Bonchev–Trinajstić information content (AvgIpc) is 3.25. The second-order valence-corrected chi connectivity index (χ2v) is 10.3. The number of halogens is 1. The molecule has 0 spiro atoms. The Morgan fingerprint density at radius 3 is 2.74 bits per heavy atom. The summed E-state index contributed by atoms with van der Waals surface area (Å²) in [7, 11) is 1.38. The van der Waals surface area contributed by atoms with Crippen molar-refractivity contribution in [3.8, 4) is 11.4 Å². The van der Waals surface area contributed by atoms with Crippen LogP contribution in [0.1, 0.15) is 27.7 Å². The Morgan fingerprint density at radius 2 is 2.03 bits per heavy atom. The molecule has 9 heteroatoms. The number of hydrogen-bond donors (Lipinski definition) is 0. The van der Waals surface area contributed by atoms with Gasteiger partial charge in [-0.2, -0.15) is 0 Å². The summed E-state index contributed by atoms with van der Waals surface area (Å²) >= 11 is 2.75. The molecule has 3 heterocycles. The fraction of sp³-hybridized carbons (Fsp3) is 0.269. The third kappa shape index (κ3) is 4.51. The summed E-state index contributed by atoms with van der Waals surface area (Å²) in [4.78, 5) is 35.8. The number of thioether (sulfide) groups is 1. The molecule has 0 unspecified atom stereocenters. The molecule has 4 aromatic rings. The first kappa shape index (κ1) is 23.7. The fourth-order valence-electron chi connectivity index (χ4n) is 4.30. The number of carbonyl (C=O) groups is 1. The SMILES string of the molecule is CCN1CCc2c(sc3nc(SCC(=O)c4ccc(OC)c(F)c4)n(-c4ccccc4)c(=O)c23)C1. The second-order valence-electron chi connectivity index (χ2n) is 8.23. The number of benzene rings is 2. The van der Waals surface area contributed by atoms with Crippen LogP contribution in [0, 0.1) is 5.82 Å². The molecule has 0 saturated heterocycles. The molecule has 0 amide bonds. The molecule has 0 saturated carbocycles. The van der Waals surface area contributed by atoms with Crippen molar-refractivity contribution >= 4 is 39.1 Å². The third-order valence-electron chi connectivity index (χ3n) is 6.19. The van der Waals surface area contributed by atoms with Gasteiger partial charge in [-0.15, -0.1) is 11.3 Å². The number of ether oxygens (including phenoxy) is 1. The number of Topliss-reactive ketones (excluding diaryl/α,β-unsaturated/α-hetero) is 1. The minimum absolute atomic E-state index is 0.0191. The molecule has 0 fully saturated rings. The Bertz CT molecular complexity index is 1470. The van der Waals surface area contributed by atoms with Gasteiger partial charge in [-0.3, -0.25) is 19.1 Å². The maximum atomic E-state index is 14.1. The molecular weight excluding hydrogens is 485 g/mol. The molecule has 5 rings (SSSR count). The largest absolute Gasteiger partial charge is 0.494 e. The van der Waals surface area contributed by atoms with E-state index in [9.17, 15) is 14.0 Å². The maximum absolute atomic E-state index is 14.1. The van der Waals surface area contributed by atoms with E-state index < -0.39 is 5.82 Å². The van der Waals surface area contributed by atoms with Gasteiger partial charge in [-0.05, 0) is 48.9 Å². The predicted octanol–water partition coefficient (Wildman–Crippen LogP) is 4.95. The number of rotatable bonds is 7. The average molecular weight is 510 g/mol. The topological polar surface area (TPSA) is 64.4 Å². The van der Waals surface area contributed by atoms with Crippen LogP contribution in [-0.4, -0.2) is 46.2 Å². The van der Waals surface area contributed by atoms with Crippen LogP contribution < -0.4 is 10.3 Å². The Morgan fingerprint density at radius 1 is 1.23 bits per heavy atom. The zero-order valence-electron chi connectivity index (χ0n) is 19.4. The minimum atomic E-state index is -0.589. The van der Waals surface area contributed by atoms with E-state index in [0.717, 1.165) is 31.6 Å². The summed E-state index contributed by atoms with van der Waals surface area (Å²) < 4.78 is 20.6. The molecule has 1 aliphatic heterocycles. The zero-order chi connectivity index (χ0) is 24.5. The first-order valence-corrected chi connectivity index (χ1v) is 13.1. The van der Waals surface area contributed by atoms with Crippen LogP contribution in [0.3, 0.4) is 0 Å². The monoisotopic (exact) mass is 509 g/mol. The second kappa shape index (κ2) is 9.93. The number of methoxy groups -OCH3 is 1. The van der Waals surface area contributed by atoms with Gasteiger partial charge in [0.25, 0.3) is 5.56 Å². The molecule has 0 atom stereocenters. The van der Waals surface area contributed by atoms with Gasteiger partial charge < -0.3 is 4.74 Å². The molecule has 2 aromatic carbocycles. The lowest BCUT2D eigenvalue weighted by molar-refractivity contribution is 0.102. The van der Waals surface area contributed by atoms with Crippen LogP contribution in [-0.2, 0) is 13.0 Å². The summed E-state index contributed by atoms with van der Waals surface area (Å²) in [5.41, 5.74) is 1.92. The van der Waals surface area contributed by atoms with E-state index in [1.165, 1.54) is 35.9 Å². The smallest absolute Gasteiger partial charge is 0.267 e. The summed E-state index contributed by atoms with van der Waals surface area (Å²) in [5, 5.41) is 1.12. The predicted molar refractivity (Wildman–Crippen MR) is 138 cm³/mol. The highest BCUT2D eigenvalue weighted by Gasteiger charge is 2.25. The van der Waals surface area contributed by atoms with E-state index in [4.69, 9.17) is 9.72 Å². The van der Waals surface area contributed by atoms with Crippen molar-refractivity contribution in [2.75, 3.05) is 26.0 Å². The Balaban J connectivity index is 1.54. The number of carbonyl (C=O) groups excluding carboxylic acids is 1. The van der Waals surface area contributed by atoms with Crippen LogP contribution >= 0.6 is 23.1 Å². The van der Waals surface area contributed by atoms with Gasteiger partial charge in [0.15, 0.2) is 22.5 Å². The van der Waals surface area contributed by atoms with Crippen molar-refractivity contribution in [3.05, 3.63) is 80.7 Å². The summed E-state index contributed by atoms with van der Waals surface area (Å²) in [6.45, 7) is 4.84. The molecule has 0 aliphatic carbocycles. The van der Waals surface area contributed by atoms with E-state index >= 15 is 0 Å². The first-order chi connectivity index (χ1) is 17.0. The zero-order valence-corrected chi connectivity index (χ0v) is 21.0. The molecule has 0 radical (unpaired) electrons. The summed E-state index contributed by atoms with van der Waals surface area (Å²) in [6.07, 6.45) is 0.822. The standard InChI is InChI=1S/C26H24FN3O3S2/c1-3-29-12-11-18-22(14-29)35-24-23(18)25(32)30(17-7-5-4-6-8-17)26(28-24)34-15-20(31)16-9-10-21(33-2)19(27)13-16/h4-10,13H,3,11-12,14-15H2,1-2H3. The van der Waals surface area contributed by atoms with Crippen molar-refractivity contribution in [2.24, 2.45) is 0 Å². The molecule has 0 bridgehead atoms. The third-order valence-corrected chi connectivity index (χ3v) is 8.24. The first-order valence-electron chi connectivity index (χ1n) is 11.3. The summed E-state index contributed by atoms with van der Waals surface area (Å²) in [6, 6.07) is 13.5. The Kier molecular flexibility index (Phi) is 6.73. The van der Waals surface area contributed by atoms with Crippen LogP contribution in [0.5, 0.6) is 5.75 Å². The van der Waals surface area contributed by atoms with Crippen LogP contribution in [0.4, 0.5) is 4.39 Å². The van der Waals surface area contributed by atoms with E-state index in [0.29, 0.717) is 21.1 Å². The number of aromatic nitrogens is 2. The van der Waals surface area contributed by atoms with Crippen LogP contribution in [0.25, 0.3) is 15.9 Å². The van der Waals surface area contributed by atoms with Crippen molar-refractivity contribution in [1.82, 2.24) is 14.5 Å². The molecule has 180 valence electrons. The normalized spacial score (nSPS) is 13.7. The molecule has 2 aromatic heterocycles. The number of thiophene rings is 1. The van der Waals surface area contributed by atoms with Gasteiger partial charge in [0.1, 0.15) is 4.83 Å². The summed E-state index contributed by atoms with van der Waals surface area (Å²) in [5.74, 6) is -0.739. The Hall–Kier alpha value is -3.01. The number of nitrogens with zero attached hydrogens (tertiary/aromatic N) is 3. The molecule has 1 aliphatic rings. The molecular formula is C26H24FN3O3S2.